The quantitative estimate of drug-likeness (QED) is 0.206. The van der Waals surface area contributed by atoms with E-state index in [1.54, 1.807) is 0 Å². The van der Waals surface area contributed by atoms with Gasteiger partial charge in [0.1, 0.15) is 11.5 Å². The van der Waals surface area contributed by atoms with E-state index in [9.17, 15) is 0 Å². The minimum absolute atomic E-state index is 0.0985. The predicted molar refractivity (Wildman–Crippen MR) is 163 cm³/mol. The Morgan fingerprint density at radius 1 is 0.711 bits per heavy atom. The van der Waals surface area contributed by atoms with Crippen molar-refractivity contribution in [1.82, 2.24) is 0 Å². The van der Waals surface area contributed by atoms with Gasteiger partial charge in [-0.2, -0.15) is 0 Å². The van der Waals surface area contributed by atoms with E-state index >= 15 is 0 Å². The molecule has 2 aliphatic rings. The maximum atomic E-state index is 6.35. The fourth-order valence-corrected chi connectivity index (χ4v) is 12.7. The van der Waals surface area contributed by atoms with Crippen LogP contribution in [0.5, 0.6) is 11.5 Å². The van der Waals surface area contributed by atoms with Crippen LogP contribution >= 0.6 is 0 Å². The first-order valence-electron chi connectivity index (χ1n) is 14.9. The van der Waals surface area contributed by atoms with Gasteiger partial charge in [0.2, 0.25) is 0 Å². The molecule has 6 heteroatoms. The molecule has 2 aromatic rings. The molecule has 210 valence electrons. The largest absolute Gasteiger partial charge is 0.494 e. The van der Waals surface area contributed by atoms with Crippen LogP contribution in [0.25, 0.3) is 0 Å². The zero-order valence-electron chi connectivity index (χ0n) is 24.7. The van der Waals surface area contributed by atoms with Crippen molar-refractivity contribution in [2.45, 2.75) is 115 Å². The lowest BCUT2D eigenvalue weighted by molar-refractivity contribution is 0.172. The number of hydrogen-bond acceptors (Lipinski definition) is 4. The summed E-state index contributed by atoms with van der Waals surface area (Å²) in [5.41, 5.74) is 2.47. The van der Waals surface area contributed by atoms with Gasteiger partial charge < -0.3 is 18.3 Å². The fraction of sp³-hybridized carbons (Fsp3) is 0.625. The SMILES string of the molecule is CC1CCC[Si](C)(CCCOc2ccc(C(C)(C)c3ccc(OCC[Si]4(C)CCCC(C)O4)cc3)cc2)O1. The van der Waals surface area contributed by atoms with E-state index in [4.69, 9.17) is 18.3 Å². The van der Waals surface area contributed by atoms with E-state index in [0.717, 1.165) is 37.2 Å². The van der Waals surface area contributed by atoms with E-state index in [1.807, 2.05) is 0 Å². The average molecular weight is 555 g/mol. The van der Waals surface area contributed by atoms with Crippen molar-refractivity contribution in [3.63, 3.8) is 0 Å². The van der Waals surface area contributed by atoms with Crippen molar-refractivity contribution in [3.05, 3.63) is 59.7 Å². The summed E-state index contributed by atoms with van der Waals surface area (Å²) in [6.45, 7) is 15.3. The molecule has 0 aliphatic carbocycles. The highest BCUT2D eigenvalue weighted by Crippen LogP contribution is 2.34. The number of benzene rings is 2. The molecule has 2 fully saturated rings. The Bertz CT molecular complexity index is 1010. The first-order chi connectivity index (χ1) is 18.1. The van der Waals surface area contributed by atoms with Crippen molar-refractivity contribution >= 4 is 16.6 Å². The van der Waals surface area contributed by atoms with Gasteiger partial charge in [-0.25, -0.2) is 0 Å². The van der Waals surface area contributed by atoms with Gasteiger partial charge in [-0.15, -0.1) is 0 Å². The first-order valence-corrected chi connectivity index (χ1v) is 20.5. The van der Waals surface area contributed by atoms with E-state index < -0.39 is 16.6 Å². The summed E-state index contributed by atoms with van der Waals surface area (Å²) in [4.78, 5) is 0. The van der Waals surface area contributed by atoms with Gasteiger partial charge in [0.05, 0.1) is 13.2 Å². The van der Waals surface area contributed by atoms with Crippen LogP contribution in [0.15, 0.2) is 48.5 Å². The Hall–Kier alpha value is -1.61. The molecular weight excluding hydrogens is 505 g/mol. The van der Waals surface area contributed by atoms with Gasteiger partial charge in [-0.3, -0.25) is 0 Å². The van der Waals surface area contributed by atoms with Crippen LogP contribution in [0.2, 0.25) is 37.3 Å². The average Bonchev–Trinajstić information content (AvgIpc) is 2.87. The maximum absolute atomic E-state index is 6.35. The summed E-state index contributed by atoms with van der Waals surface area (Å²) in [6.07, 6.45) is 6.98. The van der Waals surface area contributed by atoms with E-state index in [2.05, 4.69) is 89.3 Å². The third kappa shape index (κ3) is 7.96. The molecule has 0 spiro atoms. The molecule has 2 heterocycles. The summed E-state index contributed by atoms with van der Waals surface area (Å²) in [5, 5.41) is 0. The van der Waals surface area contributed by atoms with Crippen molar-refractivity contribution in [1.29, 1.82) is 0 Å². The molecular formula is C32H50O4Si2. The topological polar surface area (TPSA) is 36.9 Å². The summed E-state index contributed by atoms with van der Waals surface area (Å²) in [7, 11) is -3.14. The van der Waals surface area contributed by atoms with Crippen LogP contribution in [-0.4, -0.2) is 42.1 Å². The third-order valence-corrected chi connectivity index (χ3v) is 16.2. The molecule has 2 saturated heterocycles. The lowest BCUT2D eigenvalue weighted by Gasteiger charge is -2.35. The Morgan fingerprint density at radius 2 is 1.16 bits per heavy atom. The van der Waals surface area contributed by atoms with Crippen molar-refractivity contribution < 1.29 is 18.3 Å². The van der Waals surface area contributed by atoms with Gasteiger partial charge in [-0.05, 0) is 99.7 Å². The second-order valence-electron chi connectivity index (χ2n) is 12.8. The molecule has 0 N–H and O–H groups in total. The Morgan fingerprint density at radius 3 is 1.63 bits per heavy atom. The Kier molecular flexibility index (Phi) is 9.83. The zero-order valence-corrected chi connectivity index (χ0v) is 26.7. The lowest BCUT2D eigenvalue weighted by atomic mass is 9.78. The van der Waals surface area contributed by atoms with Gasteiger partial charge in [0.25, 0.3) is 0 Å². The van der Waals surface area contributed by atoms with Crippen LogP contribution in [0, 0.1) is 0 Å². The van der Waals surface area contributed by atoms with Crippen molar-refractivity contribution in [3.8, 4) is 11.5 Å². The molecule has 38 heavy (non-hydrogen) atoms. The summed E-state index contributed by atoms with van der Waals surface area (Å²) >= 11 is 0. The molecule has 2 aromatic carbocycles. The Labute approximate surface area is 233 Å². The van der Waals surface area contributed by atoms with E-state index in [1.165, 1.54) is 54.9 Å². The Balaban J connectivity index is 1.24. The standard InChI is InChI=1S/C32H50O4Si2/c1-26-10-7-22-37(5,35-26)24-9-20-33-30-16-12-28(13-17-30)32(3,4)29-14-18-31(19-15-29)34-21-25-38(6)23-8-11-27(2)36-38/h12-19,26-27H,7-11,20-25H2,1-6H3. The third-order valence-electron chi connectivity index (χ3n) is 8.77. The van der Waals surface area contributed by atoms with Crippen LogP contribution in [0.1, 0.15) is 70.9 Å². The highest BCUT2D eigenvalue weighted by Gasteiger charge is 2.35. The van der Waals surface area contributed by atoms with Crippen LogP contribution in [-0.2, 0) is 14.3 Å². The molecule has 4 rings (SSSR count). The van der Waals surface area contributed by atoms with Crippen molar-refractivity contribution in [2.75, 3.05) is 13.2 Å². The van der Waals surface area contributed by atoms with Crippen LogP contribution < -0.4 is 9.47 Å². The number of hydrogen-bond donors (Lipinski definition) is 0. The molecule has 0 aromatic heterocycles. The molecule has 4 unspecified atom stereocenters. The normalized spacial score (nSPS) is 28.2. The molecule has 0 radical (unpaired) electrons. The maximum Gasteiger partial charge on any atom is 0.193 e. The van der Waals surface area contributed by atoms with Gasteiger partial charge in [0.15, 0.2) is 16.6 Å². The number of ether oxygens (including phenoxy) is 2. The molecule has 2 aliphatic heterocycles. The predicted octanol–water partition coefficient (Wildman–Crippen LogP) is 8.71. The van der Waals surface area contributed by atoms with Crippen LogP contribution in [0.4, 0.5) is 0 Å². The van der Waals surface area contributed by atoms with Gasteiger partial charge in [-0.1, -0.05) is 51.0 Å². The fourth-order valence-electron chi connectivity index (χ4n) is 6.23. The lowest BCUT2D eigenvalue weighted by Crippen LogP contribution is -2.42. The molecule has 0 bridgehead atoms. The van der Waals surface area contributed by atoms with Gasteiger partial charge >= 0.3 is 0 Å². The summed E-state index contributed by atoms with van der Waals surface area (Å²) in [6, 6.07) is 22.1. The molecule has 0 saturated carbocycles. The molecule has 0 amide bonds. The second kappa shape index (κ2) is 12.7. The summed E-state index contributed by atoms with van der Waals surface area (Å²) in [5.74, 6) is 1.89. The highest BCUT2D eigenvalue weighted by molar-refractivity contribution is 6.73. The second-order valence-corrected chi connectivity index (χ2v) is 21.0. The first kappa shape index (κ1) is 29.4. The van der Waals surface area contributed by atoms with E-state index in [0.29, 0.717) is 12.2 Å². The van der Waals surface area contributed by atoms with E-state index in [-0.39, 0.29) is 5.41 Å². The minimum atomic E-state index is -1.61. The van der Waals surface area contributed by atoms with Gasteiger partial charge in [0, 0.05) is 23.7 Å². The minimum Gasteiger partial charge on any atom is -0.494 e. The smallest absolute Gasteiger partial charge is 0.193 e. The zero-order chi connectivity index (χ0) is 27.2. The monoisotopic (exact) mass is 554 g/mol. The van der Waals surface area contributed by atoms with Crippen molar-refractivity contribution in [2.24, 2.45) is 0 Å². The molecule has 4 nitrogen and oxygen atoms in total. The highest BCUT2D eigenvalue weighted by atomic mass is 28.4. The van der Waals surface area contributed by atoms with Crippen LogP contribution in [0.3, 0.4) is 0 Å². The molecule has 4 atom stereocenters. The number of rotatable bonds is 11. The summed E-state index contributed by atoms with van der Waals surface area (Å²) < 4.78 is 24.9.